The van der Waals surface area contributed by atoms with Crippen LogP contribution in [0.4, 0.5) is 0 Å². The normalized spacial score (nSPS) is 44.6. The Morgan fingerprint density at radius 3 is 2.64 bits per heavy atom. The van der Waals surface area contributed by atoms with E-state index in [2.05, 4.69) is 5.16 Å². The second-order valence-corrected chi connectivity index (χ2v) is 5.23. The van der Waals surface area contributed by atoms with Gasteiger partial charge in [-0.15, -0.1) is 0 Å². The zero-order chi connectivity index (χ0) is 10.6. The standard InChI is InChI=1S/C10H18N2O2/c1-9(2)7-4-5-10(3,12(9)14)8(6-7)11-13/h7,13-14H,4-6H2,1-3H3/b11-8-/t7-,10+/m1/s1. The highest BCUT2D eigenvalue weighted by molar-refractivity contribution is 5.94. The molecule has 4 heteroatoms. The molecule has 14 heavy (non-hydrogen) atoms. The summed E-state index contributed by atoms with van der Waals surface area (Å²) < 4.78 is 0. The second-order valence-electron chi connectivity index (χ2n) is 5.23. The second kappa shape index (κ2) is 2.70. The number of rotatable bonds is 0. The number of nitrogens with zero attached hydrogens (tertiary/aromatic N) is 2. The van der Waals surface area contributed by atoms with Crippen molar-refractivity contribution >= 4 is 5.71 Å². The summed E-state index contributed by atoms with van der Waals surface area (Å²) in [5.74, 6) is 0.389. The molecule has 2 saturated heterocycles. The first-order valence-electron chi connectivity index (χ1n) is 5.13. The van der Waals surface area contributed by atoms with Gasteiger partial charge in [-0.1, -0.05) is 5.16 Å². The number of hydrogen-bond acceptors (Lipinski definition) is 4. The highest BCUT2D eigenvalue weighted by Crippen LogP contribution is 2.49. The zero-order valence-corrected chi connectivity index (χ0v) is 8.99. The highest BCUT2D eigenvalue weighted by Gasteiger charge is 2.57. The molecule has 2 heterocycles. The minimum Gasteiger partial charge on any atom is -0.411 e. The molecule has 2 bridgehead atoms. The number of oxime groups is 1. The van der Waals surface area contributed by atoms with Crippen molar-refractivity contribution in [1.82, 2.24) is 5.06 Å². The SMILES string of the molecule is CC1(C)[C@@H]2CC[C@@](C)(/C(=N\O)C2)N1O. The lowest BCUT2D eigenvalue weighted by atomic mass is 9.63. The van der Waals surface area contributed by atoms with Gasteiger partial charge in [-0.25, -0.2) is 0 Å². The molecule has 0 unspecified atom stereocenters. The largest absolute Gasteiger partial charge is 0.411 e. The Hall–Kier alpha value is -0.610. The van der Waals surface area contributed by atoms with Crippen LogP contribution in [0.3, 0.4) is 0 Å². The van der Waals surface area contributed by atoms with Gasteiger partial charge in [0.2, 0.25) is 0 Å². The monoisotopic (exact) mass is 198 g/mol. The highest BCUT2D eigenvalue weighted by atomic mass is 16.5. The van der Waals surface area contributed by atoms with Crippen LogP contribution < -0.4 is 0 Å². The molecule has 1 saturated carbocycles. The Bertz CT molecular complexity index is 288. The summed E-state index contributed by atoms with van der Waals surface area (Å²) in [7, 11) is 0. The Morgan fingerprint density at radius 1 is 1.43 bits per heavy atom. The molecular weight excluding hydrogens is 180 g/mol. The summed E-state index contributed by atoms with van der Waals surface area (Å²) in [5, 5.41) is 23.8. The molecule has 2 atom stereocenters. The molecule has 1 aliphatic carbocycles. The van der Waals surface area contributed by atoms with E-state index in [0.717, 1.165) is 25.0 Å². The van der Waals surface area contributed by atoms with Crippen molar-refractivity contribution in [2.75, 3.05) is 0 Å². The molecule has 4 nitrogen and oxygen atoms in total. The number of hydroxylamine groups is 2. The molecule has 2 N–H and O–H groups in total. The Balaban J connectivity index is 2.44. The van der Waals surface area contributed by atoms with Gasteiger partial charge in [0.25, 0.3) is 0 Å². The van der Waals surface area contributed by atoms with Crippen molar-refractivity contribution in [3.63, 3.8) is 0 Å². The molecule has 3 rings (SSSR count). The first-order chi connectivity index (χ1) is 6.43. The van der Waals surface area contributed by atoms with E-state index in [1.54, 1.807) is 0 Å². The molecule has 80 valence electrons. The third kappa shape index (κ3) is 0.982. The smallest absolute Gasteiger partial charge is 0.0851 e. The molecule has 3 fully saturated rings. The van der Waals surface area contributed by atoms with E-state index >= 15 is 0 Å². The van der Waals surface area contributed by atoms with Gasteiger partial charge in [-0.3, -0.25) is 0 Å². The minimum absolute atomic E-state index is 0.207. The lowest BCUT2D eigenvalue weighted by molar-refractivity contribution is -0.253. The van der Waals surface area contributed by atoms with Crippen LogP contribution in [-0.2, 0) is 0 Å². The Morgan fingerprint density at radius 2 is 2.07 bits per heavy atom. The summed E-state index contributed by atoms with van der Waals surface area (Å²) in [4.78, 5) is 0. The number of fused-ring (bicyclic) bond motifs is 3. The average molecular weight is 198 g/mol. The average Bonchev–Trinajstić information content (AvgIpc) is 2.14. The number of piperidine rings is 2. The van der Waals surface area contributed by atoms with E-state index in [4.69, 9.17) is 5.21 Å². The van der Waals surface area contributed by atoms with E-state index in [0.29, 0.717) is 5.92 Å². The quantitative estimate of drug-likeness (QED) is 0.461. The molecule has 3 aliphatic rings. The summed E-state index contributed by atoms with van der Waals surface area (Å²) >= 11 is 0. The van der Waals surface area contributed by atoms with Crippen LogP contribution in [0.2, 0.25) is 0 Å². The third-order valence-corrected chi connectivity index (χ3v) is 4.17. The summed E-state index contributed by atoms with van der Waals surface area (Å²) in [5.41, 5.74) is 0.0457. The van der Waals surface area contributed by atoms with E-state index in [9.17, 15) is 5.21 Å². The van der Waals surface area contributed by atoms with Crippen LogP contribution in [0.1, 0.15) is 40.0 Å². The fraction of sp³-hybridized carbons (Fsp3) is 0.900. The van der Waals surface area contributed by atoms with Crippen LogP contribution in [0.5, 0.6) is 0 Å². The molecule has 0 aromatic carbocycles. The van der Waals surface area contributed by atoms with E-state index in [1.807, 2.05) is 20.8 Å². The van der Waals surface area contributed by atoms with Crippen LogP contribution >= 0.6 is 0 Å². The molecule has 0 aromatic rings. The van der Waals surface area contributed by atoms with Gasteiger partial charge in [-0.05, 0) is 46.0 Å². The van der Waals surface area contributed by atoms with E-state index in [-0.39, 0.29) is 5.54 Å². The molecule has 0 amide bonds. The molecular formula is C10H18N2O2. The fourth-order valence-electron chi connectivity index (χ4n) is 2.94. The lowest BCUT2D eigenvalue weighted by Crippen LogP contribution is -2.69. The van der Waals surface area contributed by atoms with Gasteiger partial charge >= 0.3 is 0 Å². The van der Waals surface area contributed by atoms with Crippen molar-refractivity contribution in [1.29, 1.82) is 0 Å². The molecule has 0 radical (unpaired) electrons. The first-order valence-corrected chi connectivity index (χ1v) is 5.13. The third-order valence-electron chi connectivity index (χ3n) is 4.17. The van der Waals surface area contributed by atoms with E-state index in [1.165, 1.54) is 5.06 Å². The van der Waals surface area contributed by atoms with Crippen LogP contribution in [0, 0.1) is 5.92 Å². The van der Waals surface area contributed by atoms with Gasteiger partial charge in [0, 0.05) is 5.54 Å². The van der Waals surface area contributed by atoms with Crippen molar-refractivity contribution in [2.45, 2.75) is 51.1 Å². The van der Waals surface area contributed by atoms with Gasteiger partial charge < -0.3 is 10.4 Å². The van der Waals surface area contributed by atoms with Gasteiger partial charge in [0.1, 0.15) is 0 Å². The van der Waals surface area contributed by atoms with Gasteiger partial charge in [-0.2, -0.15) is 5.06 Å². The Labute approximate surface area is 84.2 Å². The maximum Gasteiger partial charge on any atom is 0.0851 e. The Kier molecular flexibility index (Phi) is 1.92. The summed E-state index contributed by atoms with van der Waals surface area (Å²) in [6, 6.07) is 0. The summed E-state index contributed by atoms with van der Waals surface area (Å²) in [6.45, 7) is 6.03. The van der Waals surface area contributed by atoms with Crippen molar-refractivity contribution < 1.29 is 10.4 Å². The molecule has 2 aliphatic heterocycles. The summed E-state index contributed by atoms with van der Waals surface area (Å²) in [6.07, 6.45) is 2.77. The van der Waals surface area contributed by atoms with Crippen molar-refractivity contribution in [2.24, 2.45) is 11.1 Å². The topological polar surface area (TPSA) is 56.1 Å². The lowest BCUT2D eigenvalue weighted by Gasteiger charge is -2.59. The molecule has 0 aromatic heterocycles. The van der Waals surface area contributed by atoms with Crippen molar-refractivity contribution in [3.8, 4) is 0 Å². The van der Waals surface area contributed by atoms with Crippen LogP contribution in [0.15, 0.2) is 5.16 Å². The zero-order valence-electron chi connectivity index (χ0n) is 8.99. The van der Waals surface area contributed by atoms with Crippen LogP contribution in [-0.4, -0.2) is 32.3 Å². The van der Waals surface area contributed by atoms with E-state index < -0.39 is 5.54 Å². The first kappa shape index (κ1) is 9.93. The fourth-order valence-corrected chi connectivity index (χ4v) is 2.94. The minimum atomic E-state index is -0.465. The van der Waals surface area contributed by atoms with Crippen molar-refractivity contribution in [3.05, 3.63) is 0 Å². The van der Waals surface area contributed by atoms with Gasteiger partial charge in [0.15, 0.2) is 0 Å². The maximum atomic E-state index is 10.1. The number of hydrogen-bond donors (Lipinski definition) is 2. The van der Waals surface area contributed by atoms with Gasteiger partial charge in [0.05, 0.1) is 11.3 Å². The maximum absolute atomic E-state index is 10.1. The van der Waals surface area contributed by atoms with Crippen LogP contribution in [0.25, 0.3) is 0 Å². The predicted molar refractivity (Wildman–Crippen MR) is 52.7 cm³/mol. The molecule has 0 spiro atoms. The predicted octanol–water partition coefficient (Wildman–Crippen LogP) is 1.86.